The SMILES string of the molecule is N#CCCN(CCC#N)C(=O)c1cc2ccccc2s1. The van der Waals surface area contributed by atoms with Gasteiger partial charge >= 0.3 is 0 Å². The van der Waals surface area contributed by atoms with Gasteiger partial charge in [-0.05, 0) is 17.5 Å². The van der Waals surface area contributed by atoms with Gasteiger partial charge in [-0.25, -0.2) is 0 Å². The molecule has 5 heteroatoms. The summed E-state index contributed by atoms with van der Waals surface area (Å²) in [5.41, 5.74) is 0. The van der Waals surface area contributed by atoms with Crippen LogP contribution in [0, 0.1) is 22.7 Å². The molecule has 0 N–H and O–H groups in total. The third-order valence-corrected chi connectivity index (χ3v) is 4.01. The van der Waals surface area contributed by atoms with E-state index < -0.39 is 0 Å². The van der Waals surface area contributed by atoms with Crippen LogP contribution in [0.5, 0.6) is 0 Å². The zero-order valence-corrected chi connectivity index (χ0v) is 11.7. The Morgan fingerprint density at radius 2 is 1.80 bits per heavy atom. The summed E-state index contributed by atoms with van der Waals surface area (Å²) in [4.78, 5) is 14.7. The Kier molecular flexibility index (Phi) is 4.70. The monoisotopic (exact) mass is 283 g/mol. The molecule has 0 spiro atoms. The molecule has 0 aliphatic rings. The average molecular weight is 283 g/mol. The molecule has 4 nitrogen and oxygen atoms in total. The Bertz CT molecular complexity index is 642. The van der Waals surface area contributed by atoms with Gasteiger partial charge in [0, 0.05) is 17.8 Å². The van der Waals surface area contributed by atoms with Crippen molar-refractivity contribution >= 4 is 27.3 Å². The summed E-state index contributed by atoms with van der Waals surface area (Å²) in [6, 6.07) is 13.8. The number of amides is 1. The fourth-order valence-electron chi connectivity index (χ4n) is 1.93. The number of nitriles is 2. The zero-order valence-electron chi connectivity index (χ0n) is 10.9. The Morgan fingerprint density at radius 3 is 2.40 bits per heavy atom. The van der Waals surface area contributed by atoms with Gasteiger partial charge in [0.25, 0.3) is 5.91 Å². The third kappa shape index (κ3) is 3.14. The first-order chi connectivity index (χ1) is 9.76. The first-order valence-electron chi connectivity index (χ1n) is 6.28. The summed E-state index contributed by atoms with van der Waals surface area (Å²) in [7, 11) is 0. The average Bonchev–Trinajstić information content (AvgIpc) is 2.90. The van der Waals surface area contributed by atoms with Gasteiger partial charge in [-0.3, -0.25) is 4.79 Å². The molecule has 0 atom stereocenters. The number of hydrogen-bond acceptors (Lipinski definition) is 4. The van der Waals surface area contributed by atoms with Crippen molar-refractivity contribution in [3.63, 3.8) is 0 Å². The van der Waals surface area contributed by atoms with Crippen LogP contribution in [-0.2, 0) is 0 Å². The van der Waals surface area contributed by atoms with Crippen LogP contribution in [0.3, 0.4) is 0 Å². The van der Waals surface area contributed by atoms with Crippen molar-refractivity contribution in [2.75, 3.05) is 13.1 Å². The van der Waals surface area contributed by atoms with Crippen LogP contribution in [0.25, 0.3) is 10.1 Å². The molecule has 1 amide bonds. The number of carbonyl (C=O) groups excluding carboxylic acids is 1. The third-order valence-electron chi connectivity index (χ3n) is 2.91. The molecule has 1 heterocycles. The maximum atomic E-state index is 12.4. The molecule has 100 valence electrons. The summed E-state index contributed by atoms with van der Waals surface area (Å²) in [5.74, 6) is -0.100. The van der Waals surface area contributed by atoms with Crippen molar-refractivity contribution in [3.05, 3.63) is 35.2 Å². The molecule has 2 aromatic rings. The summed E-state index contributed by atoms with van der Waals surface area (Å²) >= 11 is 1.44. The number of thiophene rings is 1. The molecule has 1 aromatic heterocycles. The lowest BCUT2D eigenvalue weighted by atomic mass is 10.2. The molecular weight excluding hydrogens is 270 g/mol. The van der Waals surface area contributed by atoms with Crippen LogP contribution < -0.4 is 0 Å². The minimum absolute atomic E-state index is 0.100. The Labute approximate surface area is 121 Å². The molecule has 20 heavy (non-hydrogen) atoms. The predicted molar refractivity (Wildman–Crippen MR) is 78.2 cm³/mol. The van der Waals surface area contributed by atoms with Crippen molar-refractivity contribution in [2.45, 2.75) is 12.8 Å². The molecule has 0 saturated carbocycles. The number of hydrogen-bond donors (Lipinski definition) is 0. The van der Waals surface area contributed by atoms with E-state index in [-0.39, 0.29) is 18.7 Å². The number of benzene rings is 1. The zero-order chi connectivity index (χ0) is 14.4. The number of rotatable bonds is 5. The van der Waals surface area contributed by atoms with Crippen molar-refractivity contribution in [3.8, 4) is 12.1 Å². The number of fused-ring (bicyclic) bond motifs is 1. The predicted octanol–water partition coefficient (Wildman–Crippen LogP) is 3.17. The smallest absolute Gasteiger partial charge is 0.264 e. The van der Waals surface area contributed by atoms with Gasteiger partial charge in [-0.15, -0.1) is 11.3 Å². The second kappa shape index (κ2) is 6.70. The quantitative estimate of drug-likeness (QED) is 0.846. The highest BCUT2D eigenvalue weighted by Crippen LogP contribution is 2.26. The van der Waals surface area contributed by atoms with E-state index in [1.807, 2.05) is 42.5 Å². The highest BCUT2D eigenvalue weighted by Gasteiger charge is 2.17. The van der Waals surface area contributed by atoms with Crippen LogP contribution >= 0.6 is 11.3 Å². The van der Waals surface area contributed by atoms with Gasteiger partial charge < -0.3 is 4.90 Å². The summed E-state index contributed by atoms with van der Waals surface area (Å²) < 4.78 is 1.07. The second-order valence-electron chi connectivity index (χ2n) is 4.26. The molecule has 0 radical (unpaired) electrons. The van der Waals surface area contributed by atoms with Gasteiger partial charge in [0.2, 0.25) is 0 Å². The fourth-order valence-corrected chi connectivity index (χ4v) is 2.96. The molecule has 0 aliphatic heterocycles. The van der Waals surface area contributed by atoms with Gasteiger partial charge in [0.1, 0.15) is 0 Å². The van der Waals surface area contributed by atoms with Gasteiger partial charge in [0.05, 0.1) is 29.9 Å². The Morgan fingerprint density at radius 1 is 1.15 bits per heavy atom. The van der Waals surface area contributed by atoms with Crippen LogP contribution in [0.2, 0.25) is 0 Å². The van der Waals surface area contributed by atoms with Crippen LogP contribution in [0.4, 0.5) is 0 Å². The van der Waals surface area contributed by atoms with E-state index in [1.54, 1.807) is 4.90 Å². The Balaban J connectivity index is 2.21. The molecule has 0 bridgehead atoms. The minimum Gasteiger partial charge on any atom is -0.336 e. The van der Waals surface area contributed by atoms with E-state index in [1.165, 1.54) is 11.3 Å². The molecule has 1 aromatic carbocycles. The van der Waals surface area contributed by atoms with Crippen molar-refractivity contribution in [1.82, 2.24) is 4.90 Å². The number of nitrogens with zero attached hydrogens (tertiary/aromatic N) is 3. The minimum atomic E-state index is -0.100. The van der Waals surface area contributed by atoms with Gasteiger partial charge in [-0.1, -0.05) is 18.2 Å². The lowest BCUT2D eigenvalue weighted by molar-refractivity contribution is 0.0767. The topological polar surface area (TPSA) is 67.9 Å². The Hall–Kier alpha value is -2.37. The standard InChI is InChI=1S/C15H13N3OS/c16-7-3-9-18(10-4-8-17)15(19)14-11-12-5-1-2-6-13(12)20-14/h1-2,5-6,11H,3-4,9-10H2. The largest absolute Gasteiger partial charge is 0.336 e. The first kappa shape index (κ1) is 14.0. The lowest BCUT2D eigenvalue weighted by Crippen LogP contribution is -2.32. The van der Waals surface area contributed by atoms with Crippen molar-refractivity contribution in [2.24, 2.45) is 0 Å². The van der Waals surface area contributed by atoms with Gasteiger partial charge in [-0.2, -0.15) is 10.5 Å². The maximum Gasteiger partial charge on any atom is 0.264 e. The fraction of sp³-hybridized carbons (Fsp3) is 0.267. The van der Waals surface area contributed by atoms with E-state index >= 15 is 0 Å². The molecule has 0 fully saturated rings. The molecule has 0 unspecified atom stereocenters. The highest BCUT2D eigenvalue weighted by atomic mass is 32.1. The molecule has 2 rings (SSSR count). The van der Waals surface area contributed by atoms with Crippen molar-refractivity contribution in [1.29, 1.82) is 10.5 Å². The maximum absolute atomic E-state index is 12.4. The van der Waals surface area contributed by atoms with E-state index in [0.717, 1.165) is 10.1 Å². The molecule has 0 saturated heterocycles. The lowest BCUT2D eigenvalue weighted by Gasteiger charge is -2.19. The highest BCUT2D eigenvalue weighted by molar-refractivity contribution is 7.20. The van der Waals surface area contributed by atoms with E-state index in [2.05, 4.69) is 0 Å². The molecule has 0 aliphatic carbocycles. The van der Waals surface area contributed by atoms with Crippen LogP contribution in [-0.4, -0.2) is 23.9 Å². The first-order valence-corrected chi connectivity index (χ1v) is 7.09. The van der Waals surface area contributed by atoms with Crippen LogP contribution in [0.1, 0.15) is 22.5 Å². The van der Waals surface area contributed by atoms with E-state index in [9.17, 15) is 4.79 Å². The summed E-state index contributed by atoms with van der Waals surface area (Å²) in [6.45, 7) is 0.733. The van der Waals surface area contributed by atoms with Crippen LogP contribution in [0.15, 0.2) is 30.3 Å². The van der Waals surface area contributed by atoms with Crippen molar-refractivity contribution < 1.29 is 4.79 Å². The summed E-state index contributed by atoms with van der Waals surface area (Å²) in [5, 5.41) is 18.4. The molecular formula is C15H13N3OS. The normalized spacial score (nSPS) is 9.90. The summed E-state index contributed by atoms with van der Waals surface area (Å²) in [6.07, 6.45) is 0.560. The second-order valence-corrected chi connectivity index (χ2v) is 5.34. The van der Waals surface area contributed by atoms with E-state index in [4.69, 9.17) is 10.5 Å². The number of carbonyl (C=O) groups is 1. The van der Waals surface area contributed by atoms with Gasteiger partial charge in [0.15, 0.2) is 0 Å². The van der Waals surface area contributed by atoms with E-state index in [0.29, 0.717) is 18.0 Å².